The van der Waals surface area contributed by atoms with E-state index in [1.54, 1.807) is 14.0 Å². The first-order chi connectivity index (χ1) is 9.66. The van der Waals surface area contributed by atoms with Crippen LogP contribution in [0.15, 0.2) is 12.1 Å². The lowest BCUT2D eigenvalue weighted by atomic mass is 10.2. The molecule has 4 nitrogen and oxygen atoms in total. The second-order valence-corrected chi connectivity index (χ2v) is 4.20. The molecule has 0 saturated carbocycles. The summed E-state index contributed by atoms with van der Waals surface area (Å²) in [5, 5.41) is 2.70. The largest absolute Gasteiger partial charge is 0.382 e. The number of anilines is 1. The lowest BCUT2D eigenvalue weighted by Gasteiger charge is -2.10. The number of nitrogens with one attached hydrogen (secondary N) is 1. The first-order valence-corrected chi connectivity index (χ1v) is 6.49. The molecule has 0 unspecified atom stereocenters. The Kier molecular flexibility index (Phi) is 8.10. The minimum Gasteiger partial charge on any atom is -0.382 e. The molecule has 0 aromatic heterocycles. The summed E-state index contributed by atoms with van der Waals surface area (Å²) in [6, 6.07) is 2.65. The normalized spacial score (nSPS) is 10.8. The summed E-state index contributed by atoms with van der Waals surface area (Å²) in [6.45, 7) is 4.25. The van der Waals surface area contributed by atoms with E-state index in [1.165, 1.54) is 12.1 Å². The van der Waals surface area contributed by atoms with Gasteiger partial charge in [-0.3, -0.25) is 0 Å². The van der Waals surface area contributed by atoms with Crippen molar-refractivity contribution in [3.63, 3.8) is 0 Å². The first kappa shape index (κ1) is 16.8. The smallest absolute Gasteiger partial charge is 0.152 e. The van der Waals surface area contributed by atoms with Gasteiger partial charge in [-0.1, -0.05) is 6.07 Å². The third-order valence-electron chi connectivity index (χ3n) is 2.64. The molecule has 1 aromatic carbocycles. The molecular weight excluding hydrogens is 268 g/mol. The average molecular weight is 289 g/mol. The van der Waals surface area contributed by atoms with Crippen LogP contribution in [0.3, 0.4) is 0 Å². The Bertz CT molecular complexity index is 402. The molecule has 0 radical (unpaired) electrons. The molecule has 0 fully saturated rings. The zero-order chi connectivity index (χ0) is 14.8. The van der Waals surface area contributed by atoms with Gasteiger partial charge in [0, 0.05) is 13.7 Å². The number of rotatable bonds is 10. The van der Waals surface area contributed by atoms with E-state index in [0.29, 0.717) is 45.1 Å². The molecule has 1 N–H and O–H groups in total. The molecule has 1 rings (SSSR count). The van der Waals surface area contributed by atoms with Gasteiger partial charge in [0.15, 0.2) is 5.82 Å². The van der Waals surface area contributed by atoms with Gasteiger partial charge in [-0.05, 0) is 18.6 Å². The van der Waals surface area contributed by atoms with Crippen molar-refractivity contribution in [1.29, 1.82) is 0 Å². The molecule has 0 aliphatic heterocycles. The molecule has 0 amide bonds. The van der Waals surface area contributed by atoms with Crippen LogP contribution in [0.1, 0.15) is 5.56 Å². The van der Waals surface area contributed by atoms with Gasteiger partial charge < -0.3 is 19.5 Å². The molecule has 114 valence electrons. The maximum atomic E-state index is 13.6. The van der Waals surface area contributed by atoms with Crippen LogP contribution in [0.25, 0.3) is 0 Å². The Hall–Kier alpha value is -1.24. The summed E-state index contributed by atoms with van der Waals surface area (Å²) in [4.78, 5) is 0. The van der Waals surface area contributed by atoms with Crippen LogP contribution in [0, 0.1) is 18.6 Å². The van der Waals surface area contributed by atoms with Crippen LogP contribution >= 0.6 is 0 Å². The number of methoxy groups -OCH3 is 1. The van der Waals surface area contributed by atoms with E-state index < -0.39 is 11.6 Å². The van der Waals surface area contributed by atoms with Gasteiger partial charge in [0.05, 0.1) is 33.0 Å². The second-order valence-electron chi connectivity index (χ2n) is 4.20. The molecule has 0 aliphatic rings. The Balaban J connectivity index is 2.14. The number of hydrogen-bond acceptors (Lipinski definition) is 4. The molecule has 0 bridgehead atoms. The highest BCUT2D eigenvalue weighted by Crippen LogP contribution is 2.21. The van der Waals surface area contributed by atoms with Crippen molar-refractivity contribution in [2.75, 3.05) is 52.0 Å². The zero-order valence-electron chi connectivity index (χ0n) is 11.9. The van der Waals surface area contributed by atoms with Crippen molar-refractivity contribution < 1.29 is 23.0 Å². The van der Waals surface area contributed by atoms with Gasteiger partial charge in [0.2, 0.25) is 0 Å². The fourth-order valence-electron chi connectivity index (χ4n) is 1.53. The van der Waals surface area contributed by atoms with Crippen molar-refractivity contribution in [1.82, 2.24) is 0 Å². The topological polar surface area (TPSA) is 39.7 Å². The summed E-state index contributed by atoms with van der Waals surface area (Å²) in [5.74, 6) is -1.16. The number of ether oxygens (including phenoxy) is 3. The molecule has 20 heavy (non-hydrogen) atoms. The quantitative estimate of drug-likeness (QED) is 0.671. The molecule has 0 saturated heterocycles. The Morgan fingerprint density at radius 3 is 2.35 bits per heavy atom. The van der Waals surface area contributed by atoms with E-state index >= 15 is 0 Å². The number of halogens is 2. The van der Waals surface area contributed by atoms with Gasteiger partial charge in [-0.25, -0.2) is 8.78 Å². The van der Waals surface area contributed by atoms with Gasteiger partial charge in [0.1, 0.15) is 11.5 Å². The summed E-state index contributed by atoms with van der Waals surface area (Å²) in [7, 11) is 1.61. The fraction of sp³-hybridized carbons (Fsp3) is 0.571. The fourth-order valence-corrected chi connectivity index (χ4v) is 1.53. The van der Waals surface area contributed by atoms with E-state index in [1.807, 2.05) is 0 Å². The molecule has 0 atom stereocenters. The highest BCUT2D eigenvalue weighted by molar-refractivity contribution is 5.48. The van der Waals surface area contributed by atoms with E-state index in [-0.39, 0.29) is 5.69 Å². The predicted molar refractivity (Wildman–Crippen MR) is 73.1 cm³/mol. The van der Waals surface area contributed by atoms with Gasteiger partial charge >= 0.3 is 0 Å². The summed E-state index contributed by atoms with van der Waals surface area (Å²) < 4.78 is 42.3. The molecule has 1 aromatic rings. The van der Waals surface area contributed by atoms with Crippen molar-refractivity contribution >= 4 is 5.69 Å². The van der Waals surface area contributed by atoms with Crippen LogP contribution in [-0.4, -0.2) is 46.7 Å². The number of benzene rings is 1. The van der Waals surface area contributed by atoms with Crippen molar-refractivity contribution in [3.8, 4) is 0 Å². The summed E-state index contributed by atoms with van der Waals surface area (Å²) in [6.07, 6.45) is 0. The Labute approximate surface area is 118 Å². The summed E-state index contributed by atoms with van der Waals surface area (Å²) in [5.41, 5.74) is 0.298. The maximum absolute atomic E-state index is 13.6. The van der Waals surface area contributed by atoms with Crippen LogP contribution < -0.4 is 5.32 Å². The highest BCUT2D eigenvalue weighted by atomic mass is 19.1. The molecule has 6 heteroatoms. The van der Waals surface area contributed by atoms with Crippen LogP contribution in [0.4, 0.5) is 14.5 Å². The Morgan fingerprint density at radius 2 is 1.65 bits per heavy atom. The first-order valence-electron chi connectivity index (χ1n) is 6.49. The van der Waals surface area contributed by atoms with Crippen molar-refractivity contribution in [2.45, 2.75) is 6.92 Å². The second kappa shape index (κ2) is 9.63. The Morgan fingerprint density at radius 1 is 1.00 bits per heavy atom. The third kappa shape index (κ3) is 5.81. The summed E-state index contributed by atoms with van der Waals surface area (Å²) >= 11 is 0. The van der Waals surface area contributed by atoms with Crippen LogP contribution in [0.5, 0.6) is 0 Å². The van der Waals surface area contributed by atoms with E-state index in [2.05, 4.69) is 5.32 Å². The minimum atomic E-state index is -0.601. The van der Waals surface area contributed by atoms with Gasteiger partial charge in [-0.15, -0.1) is 0 Å². The number of hydrogen-bond donors (Lipinski definition) is 1. The van der Waals surface area contributed by atoms with Crippen molar-refractivity contribution in [3.05, 3.63) is 29.3 Å². The standard InChI is InChI=1S/C14H21F2NO3/c1-11-3-4-12(15)14(13(11)16)17-5-6-19-9-10-20-8-7-18-2/h3-4,17H,5-10H2,1-2H3. The molecule has 0 aliphatic carbocycles. The molecule has 0 heterocycles. The maximum Gasteiger partial charge on any atom is 0.152 e. The molecule has 0 spiro atoms. The third-order valence-corrected chi connectivity index (χ3v) is 2.64. The van der Waals surface area contributed by atoms with Gasteiger partial charge in [0.25, 0.3) is 0 Å². The number of aryl methyl sites for hydroxylation is 1. The zero-order valence-corrected chi connectivity index (χ0v) is 11.9. The average Bonchev–Trinajstić information content (AvgIpc) is 2.44. The lowest BCUT2D eigenvalue weighted by Crippen LogP contribution is -2.15. The minimum absolute atomic E-state index is 0.107. The lowest BCUT2D eigenvalue weighted by molar-refractivity contribution is 0.0272. The van der Waals surface area contributed by atoms with Crippen molar-refractivity contribution in [2.24, 2.45) is 0 Å². The monoisotopic (exact) mass is 289 g/mol. The van der Waals surface area contributed by atoms with E-state index in [4.69, 9.17) is 14.2 Å². The highest BCUT2D eigenvalue weighted by Gasteiger charge is 2.10. The SMILES string of the molecule is COCCOCCOCCNc1c(F)ccc(C)c1F. The predicted octanol–water partition coefficient (Wildman–Crippen LogP) is 2.36. The van der Waals surface area contributed by atoms with Gasteiger partial charge in [-0.2, -0.15) is 0 Å². The van der Waals surface area contributed by atoms with Crippen LogP contribution in [0.2, 0.25) is 0 Å². The molecular formula is C14H21F2NO3. The van der Waals surface area contributed by atoms with E-state index in [9.17, 15) is 8.78 Å². The van der Waals surface area contributed by atoms with Crippen LogP contribution in [-0.2, 0) is 14.2 Å². The van der Waals surface area contributed by atoms with E-state index in [0.717, 1.165) is 0 Å².